The van der Waals surface area contributed by atoms with Gasteiger partial charge in [-0.15, -0.1) is 0 Å². The number of hydrogen-bond acceptors (Lipinski definition) is 4. The lowest BCUT2D eigenvalue weighted by Gasteiger charge is -2.12. The van der Waals surface area contributed by atoms with Crippen molar-refractivity contribution in [3.63, 3.8) is 0 Å². The maximum atomic E-state index is 13.0. The van der Waals surface area contributed by atoms with Crippen LogP contribution in [0.4, 0.5) is 10.1 Å². The molecular weight excluding hydrogens is 501 g/mol. The summed E-state index contributed by atoms with van der Waals surface area (Å²) < 4.78 is 20.0. The first kappa shape index (κ1) is 23.1. The van der Waals surface area contributed by atoms with Gasteiger partial charge in [-0.2, -0.15) is 5.10 Å². The molecule has 0 fully saturated rings. The summed E-state index contributed by atoms with van der Waals surface area (Å²) >= 11 is 3.45. The van der Waals surface area contributed by atoms with Gasteiger partial charge in [-0.3, -0.25) is 9.59 Å². The van der Waals surface area contributed by atoms with Crippen LogP contribution < -0.4 is 15.5 Å². The van der Waals surface area contributed by atoms with Crippen molar-refractivity contribution < 1.29 is 18.7 Å². The zero-order valence-corrected chi connectivity index (χ0v) is 19.4. The van der Waals surface area contributed by atoms with Crippen molar-refractivity contribution in [3.8, 4) is 5.75 Å². The van der Waals surface area contributed by atoms with Crippen molar-refractivity contribution in [3.05, 3.63) is 106 Å². The molecule has 6 nitrogen and oxygen atoms in total. The normalized spacial score (nSPS) is 10.9. The minimum Gasteiger partial charge on any atom is -0.488 e. The molecule has 0 saturated heterocycles. The van der Waals surface area contributed by atoms with Crippen LogP contribution in [0, 0.1) is 5.82 Å². The van der Waals surface area contributed by atoms with Crippen LogP contribution in [0.25, 0.3) is 10.8 Å². The maximum Gasteiger partial charge on any atom is 0.329 e. The van der Waals surface area contributed by atoms with Gasteiger partial charge in [0.1, 0.15) is 18.2 Å². The number of hydrogen-bond donors (Lipinski definition) is 2. The number of anilines is 1. The lowest BCUT2D eigenvalue weighted by molar-refractivity contribution is -0.136. The third-order valence-corrected chi connectivity index (χ3v) is 5.38. The number of rotatable bonds is 6. The summed E-state index contributed by atoms with van der Waals surface area (Å²) in [7, 11) is 0. The third kappa shape index (κ3) is 5.85. The van der Waals surface area contributed by atoms with Crippen molar-refractivity contribution in [2.24, 2.45) is 5.10 Å². The number of carbonyl (C=O) groups excluding carboxylic acids is 2. The number of halogens is 2. The second-order valence-electron chi connectivity index (χ2n) is 7.28. The highest BCUT2D eigenvalue weighted by molar-refractivity contribution is 9.10. The van der Waals surface area contributed by atoms with Crippen LogP contribution in [0.2, 0.25) is 0 Å². The zero-order valence-electron chi connectivity index (χ0n) is 17.8. The Morgan fingerprint density at radius 3 is 2.53 bits per heavy atom. The lowest BCUT2D eigenvalue weighted by Crippen LogP contribution is -2.32. The molecule has 4 aromatic carbocycles. The van der Waals surface area contributed by atoms with Crippen molar-refractivity contribution in [2.45, 2.75) is 6.61 Å². The van der Waals surface area contributed by atoms with Gasteiger partial charge >= 0.3 is 11.8 Å². The number of nitrogens with one attached hydrogen (secondary N) is 2. The summed E-state index contributed by atoms with van der Waals surface area (Å²) in [5.41, 5.74) is 4.15. The Labute approximate surface area is 203 Å². The van der Waals surface area contributed by atoms with E-state index in [2.05, 4.69) is 31.8 Å². The van der Waals surface area contributed by atoms with Gasteiger partial charge in [0.15, 0.2) is 0 Å². The van der Waals surface area contributed by atoms with Gasteiger partial charge in [0.25, 0.3) is 0 Å². The van der Waals surface area contributed by atoms with E-state index in [0.29, 0.717) is 23.6 Å². The Balaban J connectivity index is 1.50. The Bertz CT molecular complexity index is 1370. The predicted molar refractivity (Wildman–Crippen MR) is 133 cm³/mol. The van der Waals surface area contributed by atoms with E-state index in [1.54, 1.807) is 0 Å². The standard InChI is InChI=1S/C26H19BrFN3O3/c27-19-6-3-4-17(14-19)16-34-24-13-8-18-5-1-2-7-22(18)23(24)15-29-31-26(33)25(32)30-21-11-9-20(28)10-12-21/h1-15H,16H2,(H,30,32)(H,31,33). The van der Waals surface area contributed by atoms with Crippen molar-refractivity contribution in [1.82, 2.24) is 5.43 Å². The van der Waals surface area contributed by atoms with Crippen LogP contribution in [-0.4, -0.2) is 18.0 Å². The van der Waals surface area contributed by atoms with Gasteiger partial charge in [-0.1, -0.05) is 58.4 Å². The fraction of sp³-hybridized carbons (Fsp3) is 0.0385. The average molecular weight is 520 g/mol. The first-order chi connectivity index (χ1) is 16.5. The maximum absolute atomic E-state index is 13.0. The van der Waals surface area contributed by atoms with Gasteiger partial charge in [-0.25, -0.2) is 9.82 Å². The minimum atomic E-state index is -0.961. The smallest absolute Gasteiger partial charge is 0.329 e. The van der Waals surface area contributed by atoms with Gasteiger partial charge in [0.2, 0.25) is 0 Å². The van der Waals surface area contributed by atoms with E-state index in [1.807, 2.05) is 60.7 Å². The Kier molecular flexibility index (Phi) is 7.29. The molecule has 170 valence electrons. The van der Waals surface area contributed by atoms with E-state index >= 15 is 0 Å². The first-order valence-corrected chi connectivity index (χ1v) is 11.1. The highest BCUT2D eigenvalue weighted by Crippen LogP contribution is 2.27. The molecule has 0 radical (unpaired) electrons. The van der Waals surface area contributed by atoms with Crippen LogP contribution in [0.3, 0.4) is 0 Å². The third-order valence-electron chi connectivity index (χ3n) is 4.88. The zero-order chi connectivity index (χ0) is 23.9. The molecule has 2 N–H and O–H groups in total. The van der Waals surface area contributed by atoms with Gasteiger partial charge in [-0.05, 0) is 58.8 Å². The van der Waals surface area contributed by atoms with Gasteiger partial charge in [0, 0.05) is 15.7 Å². The highest BCUT2D eigenvalue weighted by Gasteiger charge is 2.13. The molecule has 8 heteroatoms. The van der Waals surface area contributed by atoms with E-state index in [4.69, 9.17) is 4.74 Å². The second-order valence-corrected chi connectivity index (χ2v) is 8.19. The summed E-state index contributed by atoms with van der Waals surface area (Å²) in [6, 6.07) is 24.3. The molecular formula is C26H19BrFN3O3. The number of amides is 2. The minimum absolute atomic E-state index is 0.294. The fourth-order valence-electron chi connectivity index (χ4n) is 3.25. The van der Waals surface area contributed by atoms with E-state index in [9.17, 15) is 14.0 Å². The number of nitrogens with zero attached hydrogens (tertiary/aromatic N) is 1. The number of carbonyl (C=O) groups is 2. The highest BCUT2D eigenvalue weighted by atomic mass is 79.9. The molecule has 0 aliphatic heterocycles. The van der Waals surface area contributed by atoms with Crippen LogP contribution in [0.15, 0.2) is 94.5 Å². The Hall–Kier alpha value is -4.04. The van der Waals surface area contributed by atoms with Gasteiger partial charge < -0.3 is 10.1 Å². The van der Waals surface area contributed by atoms with Crippen LogP contribution in [0.5, 0.6) is 5.75 Å². The molecule has 0 atom stereocenters. The van der Waals surface area contributed by atoms with Crippen LogP contribution in [-0.2, 0) is 16.2 Å². The van der Waals surface area contributed by atoms with Crippen molar-refractivity contribution in [1.29, 1.82) is 0 Å². The average Bonchev–Trinajstić information content (AvgIpc) is 2.84. The molecule has 0 spiro atoms. The number of benzene rings is 4. The number of hydrazone groups is 1. The molecule has 0 unspecified atom stereocenters. The molecule has 0 aromatic heterocycles. The summed E-state index contributed by atoms with van der Waals surface area (Å²) in [4.78, 5) is 24.2. The summed E-state index contributed by atoms with van der Waals surface area (Å²) in [5, 5.41) is 8.20. The number of fused-ring (bicyclic) bond motifs is 1. The number of ether oxygens (including phenoxy) is 1. The Morgan fingerprint density at radius 2 is 1.74 bits per heavy atom. The van der Waals surface area contributed by atoms with Crippen molar-refractivity contribution >= 4 is 50.4 Å². The topological polar surface area (TPSA) is 79.8 Å². The van der Waals surface area contributed by atoms with E-state index in [1.165, 1.54) is 30.5 Å². The molecule has 0 bridgehead atoms. The largest absolute Gasteiger partial charge is 0.488 e. The summed E-state index contributed by atoms with van der Waals surface area (Å²) in [6.45, 7) is 0.338. The molecule has 0 aliphatic rings. The molecule has 34 heavy (non-hydrogen) atoms. The molecule has 4 rings (SSSR count). The SMILES string of the molecule is O=C(NN=Cc1c(OCc2cccc(Br)c2)ccc2ccccc12)C(=O)Nc1ccc(F)cc1. The van der Waals surface area contributed by atoms with E-state index in [0.717, 1.165) is 20.8 Å². The summed E-state index contributed by atoms with van der Waals surface area (Å²) in [6.07, 6.45) is 1.45. The monoisotopic (exact) mass is 519 g/mol. The van der Waals surface area contributed by atoms with E-state index < -0.39 is 17.6 Å². The fourth-order valence-corrected chi connectivity index (χ4v) is 3.70. The van der Waals surface area contributed by atoms with Gasteiger partial charge in [0.05, 0.1) is 6.21 Å². The Morgan fingerprint density at radius 1 is 0.941 bits per heavy atom. The lowest BCUT2D eigenvalue weighted by atomic mass is 10.0. The van der Waals surface area contributed by atoms with Crippen molar-refractivity contribution in [2.75, 3.05) is 5.32 Å². The second kappa shape index (κ2) is 10.7. The molecule has 0 heterocycles. The molecule has 0 saturated carbocycles. The molecule has 4 aromatic rings. The predicted octanol–water partition coefficient (Wildman–Crippen LogP) is 5.41. The first-order valence-electron chi connectivity index (χ1n) is 10.3. The van der Waals surface area contributed by atoms with Crippen LogP contribution >= 0.6 is 15.9 Å². The quantitative estimate of drug-likeness (QED) is 0.203. The molecule has 2 amide bonds. The summed E-state index contributed by atoms with van der Waals surface area (Å²) in [5.74, 6) is -1.75. The van der Waals surface area contributed by atoms with Crippen LogP contribution in [0.1, 0.15) is 11.1 Å². The van der Waals surface area contributed by atoms with E-state index in [-0.39, 0.29) is 0 Å². The molecule has 0 aliphatic carbocycles.